The lowest BCUT2D eigenvalue weighted by Crippen LogP contribution is -2.44. The number of carbonyl (C=O) groups is 1. The molecule has 0 saturated carbocycles. The topological polar surface area (TPSA) is 68.5 Å². The van der Waals surface area contributed by atoms with E-state index >= 15 is 0 Å². The van der Waals surface area contributed by atoms with Gasteiger partial charge in [0.25, 0.3) is 0 Å². The number of halogens is 3. The first kappa shape index (κ1) is 24.5. The summed E-state index contributed by atoms with van der Waals surface area (Å²) in [5.41, 5.74) is 5.19. The van der Waals surface area contributed by atoms with E-state index in [9.17, 15) is 15.2 Å². The summed E-state index contributed by atoms with van der Waals surface area (Å²) >= 11 is 13.7. The Morgan fingerprint density at radius 2 is 1.83 bits per heavy atom. The van der Waals surface area contributed by atoms with Gasteiger partial charge in [-0.1, -0.05) is 27.5 Å². The molecule has 1 amide bonds. The average Bonchev–Trinajstić information content (AvgIpc) is 2.96. The zero-order valence-corrected chi connectivity index (χ0v) is 22.9. The van der Waals surface area contributed by atoms with E-state index in [0.717, 1.165) is 56.2 Å². The van der Waals surface area contributed by atoms with Crippen molar-refractivity contribution in [3.63, 3.8) is 0 Å². The molecule has 9 heteroatoms. The van der Waals surface area contributed by atoms with Gasteiger partial charge in [0, 0.05) is 49.2 Å². The third kappa shape index (κ3) is 5.06. The van der Waals surface area contributed by atoms with Crippen molar-refractivity contribution in [2.24, 2.45) is 5.92 Å². The van der Waals surface area contributed by atoms with Crippen molar-refractivity contribution in [3.8, 4) is 0 Å². The Bertz CT molecular complexity index is 1240. The fourth-order valence-corrected chi connectivity index (χ4v) is 7.19. The van der Waals surface area contributed by atoms with Gasteiger partial charge >= 0.3 is 0 Å². The number of benzene rings is 1. The molecule has 0 radical (unpaired) electrons. The van der Waals surface area contributed by atoms with Crippen molar-refractivity contribution in [1.82, 2.24) is 4.90 Å². The molecule has 1 saturated heterocycles. The van der Waals surface area contributed by atoms with Crippen LogP contribution in [0.15, 0.2) is 57.9 Å². The number of fused-ring (bicyclic) bond motifs is 2. The van der Waals surface area contributed by atoms with Crippen LogP contribution in [0.3, 0.4) is 0 Å². The minimum atomic E-state index is -0.0213. The van der Waals surface area contributed by atoms with E-state index in [1.54, 1.807) is 18.5 Å². The predicted molar refractivity (Wildman–Crippen MR) is 137 cm³/mol. The van der Waals surface area contributed by atoms with Crippen LogP contribution >= 0.6 is 43.5 Å². The molecule has 0 bridgehead atoms. The van der Waals surface area contributed by atoms with E-state index in [4.69, 9.17) is 11.6 Å². The molecule has 1 fully saturated rings. The Morgan fingerprint density at radius 3 is 2.57 bits per heavy atom. The number of aromatic nitrogens is 2. The summed E-state index contributed by atoms with van der Waals surface area (Å²) in [5, 5.41) is 21.3. The third-order valence-corrected chi connectivity index (χ3v) is 8.46. The summed E-state index contributed by atoms with van der Waals surface area (Å²) in [6, 6.07) is 9.65. The van der Waals surface area contributed by atoms with Gasteiger partial charge in [-0.25, -0.2) is 0 Å². The Hall–Kier alpha value is -2.16. The van der Waals surface area contributed by atoms with Crippen LogP contribution in [0.4, 0.5) is 0 Å². The molecular weight excluding hydrogens is 598 g/mol. The van der Waals surface area contributed by atoms with Crippen LogP contribution in [0.5, 0.6) is 0 Å². The highest BCUT2D eigenvalue weighted by molar-refractivity contribution is 9.10. The number of piperidine rings is 1. The van der Waals surface area contributed by atoms with Crippen LogP contribution in [0.25, 0.3) is 0 Å². The van der Waals surface area contributed by atoms with Crippen LogP contribution in [-0.2, 0) is 24.1 Å². The molecule has 2 N–H and O–H groups in total. The van der Waals surface area contributed by atoms with E-state index < -0.39 is 0 Å². The van der Waals surface area contributed by atoms with E-state index in [1.807, 2.05) is 23.1 Å². The second-order valence-electron chi connectivity index (χ2n) is 9.34. The molecule has 1 atom stereocenters. The minimum Gasteiger partial charge on any atom is -0.342 e. The SMILES string of the molecule is O=C(Cc1ccc[n+](O)c1)N1CCC(C2c3c(Br)cc(Cl)cc3CCc3cc(Br)c[n+](O)c32)CC1. The van der Waals surface area contributed by atoms with Crippen molar-refractivity contribution < 1.29 is 24.7 Å². The van der Waals surface area contributed by atoms with Crippen molar-refractivity contribution in [1.29, 1.82) is 0 Å². The van der Waals surface area contributed by atoms with Gasteiger partial charge in [-0.2, -0.15) is 0 Å². The number of pyridine rings is 2. The fraction of sp³-hybridized carbons (Fsp3) is 0.346. The van der Waals surface area contributed by atoms with Gasteiger partial charge in [-0.15, -0.1) is 0 Å². The Labute approximate surface area is 225 Å². The average molecular weight is 624 g/mol. The molecule has 1 unspecified atom stereocenters. The molecule has 5 rings (SSSR count). The Kier molecular flexibility index (Phi) is 7.06. The van der Waals surface area contributed by atoms with Crippen LogP contribution in [0, 0.1) is 5.92 Å². The zero-order valence-electron chi connectivity index (χ0n) is 19.0. The van der Waals surface area contributed by atoms with Gasteiger partial charge in [-0.3, -0.25) is 15.2 Å². The summed E-state index contributed by atoms with van der Waals surface area (Å²) in [6.45, 7) is 1.31. The van der Waals surface area contributed by atoms with E-state index in [1.165, 1.54) is 22.1 Å². The molecule has 2 aliphatic rings. The number of hydrogen-bond donors (Lipinski definition) is 2. The Morgan fingerprint density at radius 1 is 1.09 bits per heavy atom. The number of amides is 1. The maximum absolute atomic E-state index is 13.0. The molecule has 1 aliphatic heterocycles. The number of aryl methyl sites for hydroxylation is 2. The second kappa shape index (κ2) is 10.1. The lowest BCUT2D eigenvalue weighted by atomic mass is 9.76. The summed E-state index contributed by atoms with van der Waals surface area (Å²) in [6.07, 6.45) is 8.36. The number of hydrogen-bond acceptors (Lipinski definition) is 3. The molecule has 1 aliphatic carbocycles. The molecule has 182 valence electrons. The largest absolute Gasteiger partial charge is 0.342 e. The van der Waals surface area contributed by atoms with Gasteiger partial charge < -0.3 is 4.90 Å². The molecule has 1 aromatic carbocycles. The fourth-order valence-electron chi connectivity index (χ4n) is 5.60. The smallest absolute Gasteiger partial charge is 0.245 e. The number of carbonyl (C=O) groups excluding carboxylic acids is 1. The maximum Gasteiger partial charge on any atom is 0.245 e. The minimum absolute atomic E-state index is 0.0213. The molecule has 2 aromatic heterocycles. The number of rotatable bonds is 3. The third-order valence-electron chi connectivity index (χ3n) is 7.15. The summed E-state index contributed by atoms with van der Waals surface area (Å²) < 4.78 is 4.05. The first-order valence-electron chi connectivity index (χ1n) is 11.7. The summed E-state index contributed by atoms with van der Waals surface area (Å²) in [5.74, 6) is 0.292. The molecular formula is C26H26Br2ClN3O3+2. The molecule has 6 nitrogen and oxygen atoms in total. The zero-order chi connectivity index (χ0) is 24.7. The van der Waals surface area contributed by atoms with Crippen LogP contribution in [-0.4, -0.2) is 34.3 Å². The van der Waals surface area contributed by atoms with Gasteiger partial charge in [0.2, 0.25) is 30.2 Å². The van der Waals surface area contributed by atoms with Crippen LogP contribution in [0.1, 0.15) is 46.7 Å². The van der Waals surface area contributed by atoms with Crippen LogP contribution in [0.2, 0.25) is 5.02 Å². The number of likely N-dealkylation sites (tertiary alicyclic amines) is 1. The molecule has 3 aromatic rings. The first-order chi connectivity index (χ1) is 16.8. The highest BCUT2D eigenvalue weighted by Crippen LogP contribution is 2.45. The summed E-state index contributed by atoms with van der Waals surface area (Å²) in [7, 11) is 0. The molecule has 35 heavy (non-hydrogen) atoms. The monoisotopic (exact) mass is 621 g/mol. The number of nitrogens with zero attached hydrogens (tertiary/aromatic N) is 3. The predicted octanol–water partition coefficient (Wildman–Crippen LogP) is 4.63. The van der Waals surface area contributed by atoms with Crippen LogP contribution < -0.4 is 9.46 Å². The van der Waals surface area contributed by atoms with Crippen molar-refractivity contribution >= 4 is 49.4 Å². The lowest BCUT2D eigenvalue weighted by Gasteiger charge is -2.36. The first-order valence-corrected chi connectivity index (χ1v) is 13.6. The van der Waals surface area contributed by atoms with Crippen molar-refractivity contribution in [3.05, 3.63) is 90.8 Å². The van der Waals surface area contributed by atoms with Gasteiger partial charge in [0.05, 0.1) is 16.8 Å². The van der Waals surface area contributed by atoms with Gasteiger partial charge in [0.1, 0.15) is 0 Å². The standard InChI is InChI=1S/C26H26Br2ClN3O3/c27-20-11-19-4-3-18-12-21(29)13-22(28)24(18)25(26(19)32(35)15-20)17-5-8-30(9-6-17)23(33)10-16-2-1-7-31(34)14-16/h1-2,7,11-15,17,25,34-35H,3-6,8-10H2/q+2. The second-order valence-corrected chi connectivity index (χ2v) is 11.5. The normalized spacial score (nSPS) is 18.0. The van der Waals surface area contributed by atoms with Gasteiger partial charge in [0.15, 0.2) is 0 Å². The Balaban J connectivity index is 1.43. The van der Waals surface area contributed by atoms with E-state index in [-0.39, 0.29) is 24.2 Å². The maximum atomic E-state index is 13.0. The van der Waals surface area contributed by atoms with E-state index in [0.29, 0.717) is 18.1 Å². The lowest BCUT2D eigenvalue weighted by molar-refractivity contribution is -0.911. The summed E-state index contributed by atoms with van der Waals surface area (Å²) in [4.78, 5) is 14.9. The van der Waals surface area contributed by atoms with E-state index in [2.05, 4.69) is 37.9 Å². The van der Waals surface area contributed by atoms with Crippen molar-refractivity contribution in [2.45, 2.75) is 38.0 Å². The highest BCUT2D eigenvalue weighted by Gasteiger charge is 2.41. The quantitative estimate of drug-likeness (QED) is 0.331. The molecule has 3 heterocycles. The highest BCUT2D eigenvalue weighted by atomic mass is 79.9. The molecule has 0 spiro atoms. The van der Waals surface area contributed by atoms with Gasteiger partial charge in [-0.05, 0) is 82.9 Å². The van der Waals surface area contributed by atoms with Crippen molar-refractivity contribution in [2.75, 3.05) is 13.1 Å².